The van der Waals surface area contributed by atoms with Crippen LogP contribution in [-0.2, 0) is 6.42 Å². The third-order valence-corrected chi connectivity index (χ3v) is 4.41. The van der Waals surface area contributed by atoms with Crippen molar-refractivity contribution in [3.05, 3.63) is 63.2 Å². The monoisotopic (exact) mass is 285 g/mol. The molecule has 1 nitrogen and oxygen atoms in total. The van der Waals surface area contributed by atoms with E-state index < -0.39 is 0 Å². The highest BCUT2D eigenvalue weighted by Gasteiger charge is 2.23. The minimum absolute atomic E-state index is 0.405. The van der Waals surface area contributed by atoms with Gasteiger partial charge in [-0.15, -0.1) is 0 Å². The number of halogens is 1. The highest BCUT2D eigenvalue weighted by molar-refractivity contribution is 6.30. The molecule has 0 aromatic heterocycles. The van der Waals surface area contributed by atoms with Crippen LogP contribution in [-0.4, -0.2) is 0 Å². The Morgan fingerprint density at radius 3 is 2.45 bits per heavy atom. The van der Waals surface area contributed by atoms with Crippen LogP contribution in [0.2, 0.25) is 5.02 Å². The summed E-state index contributed by atoms with van der Waals surface area (Å²) < 4.78 is 0. The molecule has 2 heteroatoms. The zero-order chi connectivity index (χ0) is 14.3. The Morgan fingerprint density at radius 2 is 1.75 bits per heavy atom. The minimum atomic E-state index is 0.405. The number of nitrogens with one attached hydrogen (secondary N) is 1. The Labute approximate surface area is 126 Å². The average Bonchev–Trinajstić information content (AvgIpc) is 2.76. The predicted octanol–water partition coefficient (Wildman–Crippen LogP) is 5.36. The van der Waals surface area contributed by atoms with Gasteiger partial charge in [0, 0.05) is 10.7 Å². The van der Waals surface area contributed by atoms with Gasteiger partial charge in [0.25, 0.3) is 0 Å². The fraction of sp³-hybridized carbons (Fsp3) is 0.333. The number of anilines is 1. The Kier molecular flexibility index (Phi) is 3.47. The van der Waals surface area contributed by atoms with Gasteiger partial charge in [0.15, 0.2) is 0 Å². The van der Waals surface area contributed by atoms with Crippen LogP contribution in [0.4, 0.5) is 5.69 Å². The summed E-state index contributed by atoms with van der Waals surface area (Å²) >= 11 is 6.08. The van der Waals surface area contributed by atoms with Crippen LogP contribution in [0, 0.1) is 20.8 Å². The van der Waals surface area contributed by atoms with Gasteiger partial charge < -0.3 is 5.32 Å². The van der Waals surface area contributed by atoms with E-state index in [0.29, 0.717) is 6.04 Å². The summed E-state index contributed by atoms with van der Waals surface area (Å²) in [6.45, 7) is 6.51. The predicted molar refractivity (Wildman–Crippen MR) is 86.8 cm³/mol. The Hall–Kier alpha value is -1.47. The molecule has 3 rings (SSSR count). The molecule has 0 amide bonds. The molecular weight excluding hydrogens is 266 g/mol. The van der Waals surface area contributed by atoms with E-state index in [2.05, 4.69) is 50.4 Å². The fourth-order valence-corrected chi connectivity index (χ4v) is 3.51. The molecule has 0 saturated heterocycles. The van der Waals surface area contributed by atoms with Crippen molar-refractivity contribution < 1.29 is 0 Å². The molecule has 0 radical (unpaired) electrons. The lowest BCUT2D eigenvalue weighted by molar-refractivity contribution is 0.760. The van der Waals surface area contributed by atoms with Crippen LogP contribution in [0.15, 0.2) is 30.3 Å². The van der Waals surface area contributed by atoms with Crippen LogP contribution in [0.5, 0.6) is 0 Å². The number of hydrogen-bond acceptors (Lipinski definition) is 1. The molecule has 0 saturated carbocycles. The zero-order valence-electron chi connectivity index (χ0n) is 12.3. The first-order valence-electron chi connectivity index (χ1n) is 7.17. The van der Waals surface area contributed by atoms with Crippen molar-refractivity contribution in [3.63, 3.8) is 0 Å². The summed E-state index contributed by atoms with van der Waals surface area (Å²) in [5.41, 5.74) is 8.04. The van der Waals surface area contributed by atoms with Crippen LogP contribution < -0.4 is 5.32 Å². The van der Waals surface area contributed by atoms with Crippen molar-refractivity contribution in [3.8, 4) is 0 Å². The molecule has 104 valence electrons. The molecular formula is C18H20ClN. The van der Waals surface area contributed by atoms with E-state index >= 15 is 0 Å². The summed E-state index contributed by atoms with van der Waals surface area (Å²) in [5.74, 6) is 0. The molecule has 1 N–H and O–H groups in total. The SMILES string of the molecule is Cc1cc(C)c(NC2CCc3cc(Cl)ccc32)c(C)c1. The number of aryl methyl sites for hydroxylation is 4. The second-order valence-corrected chi connectivity index (χ2v) is 6.29. The molecule has 1 unspecified atom stereocenters. The molecule has 2 aromatic rings. The third kappa shape index (κ3) is 2.43. The van der Waals surface area contributed by atoms with E-state index in [-0.39, 0.29) is 0 Å². The van der Waals surface area contributed by atoms with Gasteiger partial charge in [-0.05, 0) is 68.0 Å². The molecule has 1 aliphatic rings. The first-order chi connectivity index (χ1) is 9.54. The fourth-order valence-electron chi connectivity index (χ4n) is 3.32. The van der Waals surface area contributed by atoms with Gasteiger partial charge in [-0.1, -0.05) is 35.4 Å². The lowest BCUT2D eigenvalue weighted by Crippen LogP contribution is -2.09. The van der Waals surface area contributed by atoms with Crippen LogP contribution >= 0.6 is 11.6 Å². The van der Waals surface area contributed by atoms with Crippen LogP contribution in [0.3, 0.4) is 0 Å². The first kappa shape index (κ1) is 13.5. The molecule has 0 fully saturated rings. The summed E-state index contributed by atoms with van der Waals surface area (Å²) in [5, 5.41) is 4.58. The van der Waals surface area contributed by atoms with E-state index in [1.807, 2.05) is 6.07 Å². The van der Waals surface area contributed by atoms with Crippen molar-refractivity contribution in [1.82, 2.24) is 0 Å². The summed E-state index contributed by atoms with van der Waals surface area (Å²) in [6.07, 6.45) is 2.25. The second kappa shape index (κ2) is 5.14. The zero-order valence-corrected chi connectivity index (χ0v) is 13.0. The van der Waals surface area contributed by atoms with Gasteiger partial charge in [0.05, 0.1) is 6.04 Å². The minimum Gasteiger partial charge on any atom is -0.378 e. The normalized spacial score (nSPS) is 17.1. The van der Waals surface area contributed by atoms with Gasteiger partial charge in [-0.2, -0.15) is 0 Å². The molecule has 0 aliphatic heterocycles. The average molecular weight is 286 g/mol. The number of hydrogen-bond donors (Lipinski definition) is 1. The molecule has 2 aromatic carbocycles. The Bertz CT molecular complexity index is 637. The quantitative estimate of drug-likeness (QED) is 0.783. The highest BCUT2D eigenvalue weighted by Crippen LogP contribution is 2.36. The lowest BCUT2D eigenvalue weighted by atomic mass is 10.0. The summed E-state index contributed by atoms with van der Waals surface area (Å²) in [7, 11) is 0. The maximum Gasteiger partial charge on any atom is 0.0519 e. The summed E-state index contributed by atoms with van der Waals surface area (Å²) in [4.78, 5) is 0. The third-order valence-electron chi connectivity index (χ3n) is 4.18. The van der Waals surface area contributed by atoms with Crippen molar-refractivity contribution in [1.29, 1.82) is 0 Å². The molecule has 0 spiro atoms. The van der Waals surface area contributed by atoms with Gasteiger partial charge in [0.2, 0.25) is 0 Å². The van der Waals surface area contributed by atoms with Crippen LogP contribution in [0.1, 0.15) is 40.3 Å². The van der Waals surface area contributed by atoms with E-state index in [4.69, 9.17) is 11.6 Å². The van der Waals surface area contributed by atoms with Crippen molar-refractivity contribution >= 4 is 17.3 Å². The van der Waals surface area contributed by atoms with E-state index in [9.17, 15) is 0 Å². The molecule has 20 heavy (non-hydrogen) atoms. The summed E-state index contributed by atoms with van der Waals surface area (Å²) in [6, 6.07) is 11.2. The second-order valence-electron chi connectivity index (χ2n) is 5.85. The smallest absolute Gasteiger partial charge is 0.0519 e. The molecule has 0 heterocycles. The van der Waals surface area contributed by atoms with Crippen LogP contribution in [0.25, 0.3) is 0 Å². The van der Waals surface area contributed by atoms with Gasteiger partial charge in [-0.25, -0.2) is 0 Å². The number of benzene rings is 2. The standard InChI is InChI=1S/C18H20ClN/c1-11-8-12(2)18(13(3)9-11)20-17-7-4-14-10-15(19)5-6-16(14)17/h5-6,8-10,17,20H,4,7H2,1-3H3. The largest absolute Gasteiger partial charge is 0.378 e. The van der Waals surface area contributed by atoms with E-state index in [0.717, 1.165) is 17.9 Å². The number of rotatable bonds is 2. The highest BCUT2D eigenvalue weighted by atomic mass is 35.5. The molecule has 0 bridgehead atoms. The van der Waals surface area contributed by atoms with Crippen molar-refractivity contribution in [2.75, 3.05) is 5.32 Å². The van der Waals surface area contributed by atoms with Crippen molar-refractivity contribution in [2.24, 2.45) is 0 Å². The molecule has 1 atom stereocenters. The van der Waals surface area contributed by atoms with Gasteiger partial charge in [-0.3, -0.25) is 0 Å². The van der Waals surface area contributed by atoms with E-state index in [1.54, 1.807) is 0 Å². The lowest BCUT2D eigenvalue weighted by Gasteiger charge is -2.20. The maximum atomic E-state index is 6.08. The topological polar surface area (TPSA) is 12.0 Å². The Morgan fingerprint density at radius 1 is 1.05 bits per heavy atom. The van der Waals surface area contributed by atoms with Gasteiger partial charge in [0.1, 0.15) is 0 Å². The molecule has 1 aliphatic carbocycles. The Balaban J connectivity index is 1.91. The van der Waals surface area contributed by atoms with Gasteiger partial charge >= 0.3 is 0 Å². The van der Waals surface area contributed by atoms with E-state index in [1.165, 1.54) is 33.5 Å². The first-order valence-corrected chi connectivity index (χ1v) is 7.55. The maximum absolute atomic E-state index is 6.08. The number of fused-ring (bicyclic) bond motifs is 1. The van der Waals surface area contributed by atoms with Crippen molar-refractivity contribution in [2.45, 2.75) is 39.7 Å².